The van der Waals surface area contributed by atoms with Crippen molar-refractivity contribution in [3.8, 4) is 0 Å². The molecule has 1 aromatic carbocycles. The van der Waals surface area contributed by atoms with Gasteiger partial charge in [-0.1, -0.05) is 12.1 Å². The highest BCUT2D eigenvalue weighted by atomic mass is 19.1. The first-order valence-corrected chi connectivity index (χ1v) is 8.50. The van der Waals surface area contributed by atoms with Crippen molar-refractivity contribution in [3.05, 3.63) is 35.6 Å². The fourth-order valence-corrected chi connectivity index (χ4v) is 2.77. The fraction of sp³-hybridized carbons (Fsp3) is 0.500. The summed E-state index contributed by atoms with van der Waals surface area (Å²) in [6.07, 6.45) is 0.944. The van der Waals surface area contributed by atoms with Crippen LogP contribution in [0.25, 0.3) is 0 Å². The van der Waals surface area contributed by atoms with Crippen LogP contribution in [-0.4, -0.2) is 48.4 Å². The van der Waals surface area contributed by atoms with Gasteiger partial charge in [0.2, 0.25) is 5.91 Å². The summed E-state index contributed by atoms with van der Waals surface area (Å²) in [6.45, 7) is 3.15. The summed E-state index contributed by atoms with van der Waals surface area (Å²) in [4.78, 5) is 37.2. The molecule has 1 saturated heterocycles. The Hall–Kier alpha value is -2.44. The predicted octanol–water partition coefficient (Wildman–Crippen LogP) is 2.53. The highest BCUT2D eigenvalue weighted by Crippen LogP contribution is 2.13. The number of piperidine rings is 1. The second kappa shape index (κ2) is 9.15. The molecule has 6 nitrogen and oxygen atoms in total. The number of amides is 2. The average molecular weight is 350 g/mol. The second-order valence-corrected chi connectivity index (χ2v) is 5.93. The molecule has 0 atom stereocenters. The van der Waals surface area contributed by atoms with E-state index < -0.39 is 5.82 Å². The van der Waals surface area contributed by atoms with Crippen molar-refractivity contribution < 1.29 is 23.5 Å². The Balaban J connectivity index is 1.72. The Bertz CT molecular complexity index is 627. The van der Waals surface area contributed by atoms with Gasteiger partial charge in [0.1, 0.15) is 5.82 Å². The fourth-order valence-electron chi connectivity index (χ4n) is 2.77. The van der Waals surface area contributed by atoms with Crippen molar-refractivity contribution >= 4 is 17.8 Å². The zero-order chi connectivity index (χ0) is 18.2. The smallest absolute Gasteiger partial charge is 0.409 e. The standard InChI is InChI=1S/C18H23FN2O4/c1-2-25-18(24)21-11-9-13(10-12-21)20-17(23)8-7-16(22)14-5-3-4-6-15(14)19/h3-6,13H,2,7-12H2,1H3,(H,20,23). The molecule has 0 aliphatic carbocycles. The maximum Gasteiger partial charge on any atom is 0.409 e. The molecule has 0 spiro atoms. The van der Waals surface area contributed by atoms with Gasteiger partial charge in [-0.2, -0.15) is 0 Å². The van der Waals surface area contributed by atoms with Gasteiger partial charge in [0, 0.05) is 32.0 Å². The van der Waals surface area contributed by atoms with E-state index in [-0.39, 0.29) is 42.2 Å². The van der Waals surface area contributed by atoms with E-state index >= 15 is 0 Å². The molecule has 0 saturated carbocycles. The molecular formula is C18H23FN2O4. The quantitative estimate of drug-likeness (QED) is 0.800. The Kier molecular flexibility index (Phi) is 6.91. The molecule has 25 heavy (non-hydrogen) atoms. The van der Waals surface area contributed by atoms with Crippen LogP contribution in [0, 0.1) is 5.82 Å². The molecule has 0 aromatic heterocycles. The third-order valence-electron chi connectivity index (χ3n) is 4.14. The first-order chi connectivity index (χ1) is 12.0. The van der Waals surface area contributed by atoms with Crippen LogP contribution in [0.15, 0.2) is 24.3 Å². The van der Waals surface area contributed by atoms with E-state index in [4.69, 9.17) is 4.74 Å². The zero-order valence-electron chi connectivity index (χ0n) is 14.3. The maximum absolute atomic E-state index is 13.5. The van der Waals surface area contributed by atoms with Crippen LogP contribution >= 0.6 is 0 Å². The number of hydrogen-bond donors (Lipinski definition) is 1. The zero-order valence-corrected chi connectivity index (χ0v) is 14.3. The normalized spacial score (nSPS) is 14.9. The van der Waals surface area contributed by atoms with Crippen LogP contribution in [0.3, 0.4) is 0 Å². The van der Waals surface area contributed by atoms with Gasteiger partial charge in [0.15, 0.2) is 5.78 Å². The number of rotatable bonds is 6. The van der Waals surface area contributed by atoms with E-state index in [9.17, 15) is 18.8 Å². The monoisotopic (exact) mass is 350 g/mol. The minimum absolute atomic E-state index is 0.0121. The minimum atomic E-state index is -0.570. The van der Waals surface area contributed by atoms with Crippen molar-refractivity contribution in [3.63, 3.8) is 0 Å². The van der Waals surface area contributed by atoms with Crippen LogP contribution in [0.2, 0.25) is 0 Å². The van der Waals surface area contributed by atoms with Gasteiger partial charge in [0.25, 0.3) is 0 Å². The van der Waals surface area contributed by atoms with Gasteiger partial charge >= 0.3 is 6.09 Å². The van der Waals surface area contributed by atoms with Gasteiger partial charge in [-0.25, -0.2) is 9.18 Å². The Morgan fingerprint density at radius 1 is 1.20 bits per heavy atom. The molecule has 0 radical (unpaired) electrons. The van der Waals surface area contributed by atoms with Crippen LogP contribution < -0.4 is 5.32 Å². The lowest BCUT2D eigenvalue weighted by atomic mass is 10.0. The number of hydrogen-bond acceptors (Lipinski definition) is 4. The first kappa shape index (κ1) is 18.9. The summed E-state index contributed by atoms with van der Waals surface area (Å²) in [5.41, 5.74) is 0.0121. The molecule has 0 bridgehead atoms. The van der Waals surface area contributed by atoms with E-state index in [2.05, 4.69) is 5.32 Å². The largest absolute Gasteiger partial charge is 0.450 e. The van der Waals surface area contributed by atoms with Crippen molar-refractivity contribution in [2.24, 2.45) is 0 Å². The summed E-state index contributed by atoms with van der Waals surface area (Å²) in [5, 5.41) is 2.87. The maximum atomic E-state index is 13.5. The Labute approximate surface area is 146 Å². The average Bonchev–Trinajstić information content (AvgIpc) is 2.61. The summed E-state index contributed by atoms with van der Waals surface area (Å²) >= 11 is 0. The third kappa shape index (κ3) is 5.55. The topological polar surface area (TPSA) is 75.7 Å². The third-order valence-corrected chi connectivity index (χ3v) is 4.14. The number of benzene rings is 1. The lowest BCUT2D eigenvalue weighted by Gasteiger charge is -2.31. The van der Waals surface area contributed by atoms with Gasteiger partial charge < -0.3 is 15.0 Å². The highest BCUT2D eigenvalue weighted by Gasteiger charge is 2.24. The van der Waals surface area contributed by atoms with Crippen LogP contribution in [0.5, 0.6) is 0 Å². The summed E-state index contributed by atoms with van der Waals surface area (Å²) in [7, 11) is 0. The van der Waals surface area contributed by atoms with Crippen molar-refractivity contribution in [1.29, 1.82) is 0 Å². The predicted molar refractivity (Wildman–Crippen MR) is 89.7 cm³/mol. The number of halogens is 1. The lowest BCUT2D eigenvalue weighted by molar-refractivity contribution is -0.122. The highest BCUT2D eigenvalue weighted by molar-refractivity contribution is 5.98. The van der Waals surface area contributed by atoms with Gasteiger partial charge in [-0.3, -0.25) is 9.59 Å². The number of carbonyl (C=O) groups is 3. The van der Waals surface area contributed by atoms with Crippen molar-refractivity contribution in [2.75, 3.05) is 19.7 Å². The number of ketones is 1. The van der Waals surface area contributed by atoms with E-state index in [1.165, 1.54) is 18.2 Å². The number of ether oxygens (including phenoxy) is 1. The van der Waals surface area contributed by atoms with E-state index in [0.717, 1.165) is 0 Å². The molecular weight excluding hydrogens is 327 g/mol. The molecule has 1 aliphatic rings. The van der Waals surface area contributed by atoms with Crippen LogP contribution in [0.1, 0.15) is 43.0 Å². The van der Waals surface area contributed by atoms with Gasteiger partial charge in [-0.15, -0.1) is 0 Å². The molecule has 7 heteroatoms. The molecule has 1 heterocycles. The van der Waals surface area contributed by atoms with E-state index in [1.807, 2.05) is 0 Å². The van der Waals surface area contributed by atoms with E-state index in [0.29, 0.717) is 32.5 Å². The molecule has 1 aromatic rings. The SMILES string of the molecule is CCOC(=O)N1CCC(NC(=O)CCC(=O)c2ccccc2F)CC1. The number of carbonyl (C=O) groups excluding carboxylic acids is 3. The minimum Gasteiger partial charge on any atom is -0.450 e. The summed E-state index contributed by atoms with van der Waals surface area (Å²) in [6, 6.07) is 5.72. The molecule has 1 fully saturated rings. The Morgan fingerprint density at radius 2 is 1.88 bits per heavy atom. The Morgan fingerprint density at radius 3 is 2.52 bits per heavy atom. The second-order valence-electron chi connectivity index (χ2n) is 5.93. The first-order valence-electron chi connectivity index (χ1n) is 8.50. The van der Waals surface area contributed by atoms with Crippen LogP contribution in [-0.2, 0) is 9.53 Å². The molecule has 136 valence electrons. The molecule has 2 amide bonds. The van der Waals surface area contributed by atoms with Gasteiger partial charge in [-0.05, 0) is 31.9 Å². The number of Topliss-reactive ketones (excluding diaryl/α,β-unsaturated/α-hetero) is 1. The molecule has 0 unspecified atom stereocenters. The summed E-state index contributed by atoms with van der Waals surface area (Å²) < 4.78 is 18.5. The van der Waals surface area contributed by atoms with E-state index in [1.54, 1.807) is 17.9 Å². The molecule has 2 rings (SSSR count). The number of nitrogens with zero attached hydrogens (tertiary/aromatic N) is 1. The lowest BCUT2D eigenvalue weighted by Crippen LogP contribution is -2.46. The number of nitrogens with one attached hydrogen (secondary N) is 1. The van der Waals surface area contributed by atoms with Crippen LogP contribution in [0.4, 0.5) is 9.18 Å². The molecule has 1 N–H and O–H groups in total. The van der Waals surface area contributed by atoms with Crippen molar-refractivity contribution in [1.82, 2.24) is 10.2 Å². The van der Waals surface area contributed by atoms with Crippen molar-refractivity contribution in [2.45, 2.75) is 38.6 Å². The number of likely N-dealkylation sites (tertiary alicyclic amines) is 1. The summed E-state index contributed by atoms with van der Waals surface area (Å²) in [5.74, 6) is -1.19. The molecule has 1 aliphatic heterocycles. The van der Waals surface area contributed by atoms with Gasteiger partial charge in [0.05, 0.1) is 12.2 Å².